The molecule has 0 spiro atoms. The van der Waals surface area contributed by atoms with Gasteiger partial charge in [0.25, 0.3) is 0 Å². The molecular formula is C16H22N2O3. The van der Waals surface area contributed by atoms with Crippen molar-refractivity contribution in [2.24, 2.45) is 0 Å². The fourth-order valence-corrected chi connectivity index (χ4v) is 2.51. The number of rotatable bonds is 6. The summed E-state index contributed by atoms with van der Waals surface area (Å²) in [6, 6.07) is 7.32. The Hall–Kier alpha value is -2.04. The van der Waals surface area contributed by atoms with E-state index in [2.05, 4.69) is 13.8 Å². The normalized spacial score (nSPS) is 13.6. The second kappa shape index (κ2) is 7.11. The number of ether oxygens (including phenoxy) is 1. The van der Waals surface area contributed by atoms with Crippen LogP contribution in [0.3, 0.4) is 0 Å². The first-order valence-corrected chi connectivity index (χ1v) is 7.48. The lowest BCUT2D eigenvalue weighted by Crippen LogP contribution is -2.45. The van der Waals surface area contributed by atoms with Crippen molar-refractivity contribution in [3.8, 4) is 5.75 Å². The summed E-state index contributed by atoms with van der Waals surface area (Å²) in [6.07, 6.45) is 1.87. The van der Waals surface area contributed by atoms with Gasteiger partial charge in [-0.1, -0.05) is 26.0 Å². The molecule has 0 saturated carbocycles. The van der Waals surface area contributed by atoms with Crippen LogP contribution in [0.4, 0.5) is 5.69 Å². The largest absolute Gasteiger partial charge is 0.423 e. The van der Waals surface area contributed by atoms with E-state index < -0.39 is 0 Å². The molecule has 114 valence electrons. The number of carbonyl (C=O) groups excluding carboxylic acids is 2. The summed E-state index contributed by atoms with van der Waals surface area (Å²) in [4.78, 5) is 27.7. The van der Waals surface area contributed by atoms with Gasteiger partial charge in [-0.2, -0.15) is 0 Å². The van der Waals surface area contributed by atoms with Crippen molar-refractivity contribution in [1.29, 1.82) is 0 Å². The molecule has 1 amide bonds. The molecule has 1 aromatic carbocycles. The smallest absolute Gasteiger partial charge is 0.331 e. The second-order valence-corrected chi connectivity index (χ2v) is 5.18. The van der Waals surface area contributed by atoms with Crippen LogP contribution in [0.2, 0.25) is 0 Å². The van der Waals surface area contributed by atoms with Crippen molar-refractivity contribution in [1.82, 2.24) is 4.90 Å². The molecule has 1 aliphatic rings. The van der Waals surface area contributed by atoms with Crippen molar-refractivity contribution in [3.63, 3.8) is 0 Å². The quantitative estimate of drug-likeness (QED) is 0.594. The van der Waals surface area contributed by atoms with E-state index in [9.17, 15) is 9.59 Å². The highest BCUT2D eigenvalue weighted by Gasteiger charge is 2.26. The van der Waals surface area contributed by atoms with E-state index >= 15 is 0 Å². The van der Waals surface area contributed by atoms with Crippen LogP contribution in [0.15, 0.2) is 24.3 Å². The number of anilines is 1. The fraction of sp³-hybridized carbons (Fsp3) is 0.500. The van der Waals surface area contributed by atoms with Crippen LogP contribution in [0.5, 0.6) is 5.75 Å². The SMILES string of the molecule is CCCN(CCC)C(=O)CN1CC(=O)Oc2ccccc21. The molecule has 21 heavy (non-hydrogen) atoms. The van der Waals surface area contributed by atoms with Crippen LogP contribution in [0.25, 0.3) is 0 Å². The first-order chi connectivity index (χ1) is 10.2. The first kappa shape index (κ1) is 15.4. The lowest BCUT2D eigenvalue weighted by molar-refractivity contribution is -0.133. The van der Waals surface area contributed by atoms with Crippen LogP contribution < -0.4 is 9.64 Å². The Labute approximate surface area is 125 Å². The monoisotopic (exact) mass is 290 g/mol. The highest BCUT2D eigenvalue weighted by molar-refractivity contribution is 5.89. The molecule has 0 bridgehead atoms. The Balaban J connectivity index is 2.11. The second-order valence-electron chi connectivity index (χ2n) is 5.18. The number of para-hydroxylation sites is 2. The van der Waals surface area contributed by atoms with Crippen LogP contribution in [-0.4, -0.2) is 43.0 Å². The predicted molar refractivity (Wildman–Crippen MR) is 81.5 cm³/mol. The number of fused-ring (bicyclic) bond motifs is 1. The predicted octanol–water partition coefficient (Wildman–Crippen LogP) is 2.06. The minimum absolute atomic E-state index is 0.0585. The molecule has 0 atom stereocenters. The van der Waals surface area contributed by atoms with Gasteiger partial charge in [-0.25, -0.2) is 4.79 Å². The number of esters is 1. The van der Waals surface area contributed by atoms with E-state index in [4.69, 9.17) is 4.74 Å². The summed E-state index contributed by atoms with van der Waals surface area (Å²) in [6.45, 7) is 5.97. The van der Waals surface area contributed by atoms with E-state index in [1.165, 1.54) is 0 Å². The van der Waals surface area contributed by atoms with Crippen LogP contribution in [0.1, 0.15) is 26.7 Å². The third-order valence-corrected chi connectivity index (χ3v) is 3.42. The van der Waals surface area contributed by atoms with Crippen molar-refractivity contribution in [2.75, 3.05) is 31.1 Å². The minimum Gasteiger partial charge on any atom is -0.423 e. The number of nitrogens with zero attached hydrogens (tertiary/aromatic N) is 2. The molecule has 5 nitrogen and oxygen atoms in total. The van der Waals surface area contributed by atoms with E-state index in [1.54, 1.807) is 11.0 Å². The number of amides is 1. The van der Waals surface area contributed by atoms with Crippen molar-refractivity contribution < 1.29 is 14.3 Å². The molecule has 0 saturated heterocycles. The number of carbonyl (C=O) groups is 2. The molecule has 1 aromatic rings. The lowest BCUT2D eigenvalue weighted by Gasteiger charge is -2.31. The topological polar surface area (TPSA) is 49.9 Å². The summed E-state index contributed by atoms with van der Waals surface area (Å²) < 4.78 is 5.19. The van der Waals surface area contributed by atoms with Crippen molar-refractivity contribution in [2.45, 2.75) is 26.7 Å². The molecule has 1 heterocycles. The summed E-state index contributed by atoms with van der Waals surface area (Å²) in [7, 11) is 0. The highest BCUT2D eigenvalue weighted by atomic mass is 16.5. The average molecular weight is 290 g/mol. The zero-order chi connectivity index (χ0) is 15.2. The molecule has 5 heteroatoms. The molecule has 0 aromatic heterocycles. The Morgan fingerprint density at radius 2 is 1.90 bits per heavy atom. The molecule has 0 radical (unpaired) electrons. The molecule has 0 aliphatic carbocycles. The standard InChI is InChI=1S/C16H22N2O3/c1-3-9-17(10-4-2)15(19)11-18-12-16(20)21-14-8-6-5-7-13(14)18/h5-8H,3-4,9-12H2,1-2H3. The van der Waals surface area contributed by atoms with E-state index in [1.807, 2.05) is 23.1 Å². The Bertz CT molecular complexity index is 510. The summed E-state index contributed by atoms with van der Waals surface area (Å²) in [5.41, 5.74) is 0.804. The van der Waals surface area contributed by atoms with Crippen molar-refractivity contribution >= 4 is 17.6 Å². The van der Waals surface area contributed by atoms with Gasteiger partial charge in [-0.15, -0.1) is 0 Å². The van der Waals surface area contributed by atoms with E-state index in [0.29, 0.717) is 5.75 Å². The highest BCUT2D eigenvalue weighted by Crippen LogP contribution is 2.31. The number of hydrogen-bond acceptors (Lipinski definition) is 4. The molecule has 0 unspecified atom stereocenters. The van der Waals surface area contributed by atoms with Gasteiger partial charge in [-0.05, 0) is 25.0 Å². The maximum Gasteiger partial charge on any atom is 0.331 e. The van der Waals surface area contributed by atoms with Gasteiger partial charge in [0.1, 0.15) is 6.54 Å². The van der Waals surface area contributed by atoms with Gasteiger partial charge in [0, 0.05) is 13.1 Å². The van der Waals surface area contributed by atoms with Gasteiger partial charge in [0.05, 0.1) is 12.2 Å². The molecular weight excluding hydrogens is 268 g/mol. The van der Waals surface area contributed by atoms with E-state index in [0.717, 1.165) is 31.6 Å². The lowest BCUT2D eigenvalue weighted by atomic mass is 10.2. The molecule has 0 fully saturated rings. The Morgan fingerprint density at radius 3 is 2.57 bits per heavy atom. The third kappa shape index (κ3) is 3.74. The maximum absolute atomic E-state index is 12.4. The average Bonchev–Trinajstić information content (AvgIpc) is 2.46. The van der Waals surface area contributed by atoms with Gasteiger partial charge in [0.2, 0.25) is 5.91 Å². The number of hydrogen-bond donors (Lipinski definition) is 0. The first-order valence-electron chi connectivity index (χ1n) is 7.48. The van der Waals surface area contributed by atoms with Gasteiger partial charge >= 0.3 is 5.97 Å². The van der Waals surface area contributed by atoms with Gasteiger partial charge in [0.15, 0.2) is 5.75 Å². The van der Waals surface area contributed by atoms with E-state index in [-0.39, 0.29) is 25.0 Å². The fourth-order valence-electron chi connectivity index (χ4n) is 2.51. The number of benzene rings is 1. The van der Waals surface area contributed by atoms with Crippen molar-refractivity contribution in [3.05, 3.63) is 24.3 Å². The molecule has 0 N–H and O–H groups in total. The van der Waals surface area contributed by atoms with Crippen LogP contribution in [-0.2, 0) is 9.59 Å². The van der Waals surface area contributed by atoms with Crippen LogP contribution in [0, 0.1) is 0 Å². The van der Waals surface area contributed by atoms with Gasteiger partial charge < -0.3 is 14.5 Å². The molecule has 2 rings (SSSR count). The zero-order valence-electron chi connectivity index (χ0n) is 12.7. The zero-order valence-corrected chi connectivity index (χ0v) is 12.7. The van der Waals surface area contributed by atoms with Gasteiger partial charge in [-0.3, -0.25) is 4.79 Å². The Kier molecular flexibility index (Phi) is 5.20. The third-order valence-electron chi connectivity index (χ3n) is 3.42. The van der Waals surface area contributed by atoms with Crippen LogP contribution >= 0.6 is 0 Å². The summed E-state index contributed by atoms with van der Waals surface area (Å²) in [5.74, 6) is 0.265. The maximum atomic E-state index is 12.4. The summed E-state index contributed by atoms with van der Waals surface area (Å²) in [5, 5.41) is 0. The summed E-state index contributed by atoms with van der Waals surface area (Å²) >= 11 is 0. The molecule has 1 aliphatic heterocycles. The minimum atomic E-state index is -0.320. The Morgan fingerprint density at radius 1 is 1.24 bits per heavy atom.